The van der Waals surface area contributed by atoms with Crippen LogP contribution in [0, 0.1) is 17.2 Å². The monoisotopic (exact) mass is 297 g/mol. The van der Waals surface area contributed by atoms with Gasteiger partial charge in [-0.25, -0.2) is 4.79 Å². The molecular formula is C14H23N3O4. The summed E-state index contributed by atoms with van der Waals surface area (Å²) in [6, 6.07) is 0.215. The molecule has 7 heteroatoms. The second-order valence-electron chi connectivity index (χ2n) is 5.23. The quantitative estimate of drug-likeness (QED) is 0.544. The first-order valence-electron chi connectivity index (χ1n) is 6.96. The van der Waals surface area contributed by atoms with Gasteiger partial charge >= 0.3 is 5.97 Å². The molecule has 0 aliphatic rings. The fourth-order valence-corrected chi connectivity index (χ4v) is 1.83. The van der Waals surface area contributed by atoms with Crippen LogP contribution < -0.4 is 10.6 Å². The lowest BCUT2D eigenvalue weighted by Crippen LogP contribution is -2.53. The number of carboxylic acids is 1. The number of hydrogen-bond donors (Lipinski definition) is 3. The fraction of sp³-hybridized carbons (Fsp3) is 0.714. The number of rotatable bonds is 9. The Morgan fingerprint density at radius 2 is 1.81 bits per heavy atom. The van der Waals surface area contributed by atoms with Crippen LogP contribution in [0.15, 0.2) is 0 Å². The lowest BCUT2D eigenvalue weighted by molar-refractivity contribution is -0.142. The van der Waals surface area contributed by atoms with Crippen LogP contribution >= 0.6 is 0 Å². The summed E-state index contributed by atoms with van der Waals surface area (Å²) in [6.07, 6.45) is 1.75. The Labute approximate surface area is 124 Å². The number of nitrogens with zero attached hydrogens (tertiary/aromatic N) is 1. The van der Waals surface area contributed by atoms with Crippen LogP contribution in [-0.4, -0.2) is 35.0 Å². The number of amides is 2. The van der Waals surface area contributed by atoms with E-state index in [9.17, 15) is 14.4 Å². The Morgan fingerprint density at radius 3 is 2.24 bits per heavy atom. The van der Waals surface area contributed by atoms with Gasteiger partial charge in [-0.15, -0.1) is 0 Å². The third-order valence-corrected chi connectivity index (χ3v) is 2.95. The maximum absolute atomic E-state index is 12.1. The molecule has 0 saturated carbocycles. The fourth-order valence-electron chi connectivity index (χ4n) is 1.83. The number of aliphatic carboxylic acids is 1. The van der Waals surface area contributed by atoms with Gasteiger partial charge in [0.2, 0.25) is 11.8 Å². The van der Waals surface area contributed by atoms with Crippen molar-refractivity contribution in [2.45, 2.75) is 58.5 Å². The summed E-state index contributed by atoms with van der Waals surface area (Å²) in [4.78, 5) is 34.3. The van der Waals surface area contributed by atoms with Gasteiger partial charge in [-0.1, -0.05) is 13.8 Å². The molecule has 2 atom stereocenters. The third-order valence-electron chi connectivity index (χ3n) is 2.95. The van der Waals surface area contributed by atoms with Gasteiger partial charge in [-0.05, 0) is 25.2 Å². The number of unbranched alkanes of at least 4 members (excludes halogenated alkanes) is 2. The Kier molecular flexibility index (Phi) is 8.77. The Morgan fingerprint density at radius 1 is 1.19 bits per heavy atom. The molecule has 0 aromatic heterocycles. The van der Waals surface area contributed by atoms with Gasteiger partial charge in [0.25, 0.3) is 0 Å². The summed E-state index contributed by atoms with van der Waals surface area (Å²) in [6.45, 7) is 4.84. The van der Waals surface area contributed by atoms with Gasteiger partial charge in [0, 0.05) is 13.3 Å². The Bertz CT molecular complexity index is 415. The Balaban J connectivity index is 4.60. The summed E-state index contributed by atoms with van der Waals surface area (Å²) in [7, 11) is 0. The zero-order chi connectivity index (χ0) is 16.4. The molecule has 3 N–H and O–H groups in total. The van der Waals surface area contributed by atoms with Gasteiger partial charge in [0.05, 0.1) is 6.07 Å². The minimum absolute atomic E-state index is 0.151. The summed E-state index contributed by atoms with van der Waals surface area (Å²) in [5, 5.41) is 22.5. The number of nitriles is 1. The van der Waals surface area contributed by atoms with E-state index in [1.54, 1.807) is 13.8 Å². The maximum Gasteiger partial charge on any atom is 0.326 e. The first kappa shape index (κ1) is 18.9. The molecular weight excluding hydrogens is 274 g/mol. The highest BCUT2D eigenvalue weighted by atomic mass is 16.4. The smallest absolute Gasteiger partial charge is 0.326 e. The molecule has 0 rings (SSSR count). The summed E-state index contributed by atoms with van der Waals surface area (Å²) >= 11 is 0. The highest BCUT2D eigenvalue weighted by molar-refractivity contribution is 5.90. The van der Waals surface area contributed by atoms with E-state index in [0.717, 1.165) is 0 Å². The molecule has 0 heterocycles. The summed E-state index contributed by atoms with van der Waals surface area (Å²) in [5.41, 5.74) is 0. The van der Waals surface area contributed by atoms with Crippen molar-refractivity contribution in [3.05, 3.63) is 0 Å². The second kappa shape index (κ2) is 9.75. The van der Waals surface area contributed by atoms with E-state index in [1.807, 2.05) is 6.07 Å². The van der Waals surface area contributed by atoms with Crippen LogP contribution in [-0.2, 0) is 14.4 Å². The summed E-state index contributed by atoms with van der Waals surface area (Å²) in [5.74, 6) is -2.12. The zero-order valence-corrected chi connectivity index (χ0v) is 12.7. The SMILES string of the molecule is CC(=O)N[C@@H](C(=O)N[C@H](CCCCC#N)C(=O)O)C(C)C. The van der Waals surface area contributed by atoms with Crippen molar-refractivity contribution in [2.75, 3.05) is 0 Å². The van der Waals surface area contributed by atoms with E-state index in [2.05, 4.69) is 10.6 Å². The molecule has 0 saturated heterocycles. The van der Waals surface area contributed by atoms with Crippen LogP contribution in [0.25, 0.3) is 0 Å². The van der Waals surface area contributed by atoms with E-state index in [0.29, 0.717) is 19.3 Å². The number of carboxylic acid groups (broad SMARTS) is 1. The number of hydrogen-bond acceptors (Lipinski definition) is 4. The maximum atomic E-state index is 12.1. The van der Waals surface area contributed by atoms with Crippen molar-refractivity contribution in [1.82, 2.24) is 10.6 Å². The average molecular weight is 297 g/mol. The molecule has 0 unspecified atom stereocenters. The first-order chi connectivity index (χ1) is 9.79. The molecule has 0 radical (unpaired) electrons. The van der Waals surface area contributed by atoms with Crippen LogP contribution in [0.3, 0.4) is 0 Å². The molecule has 118 valence electrons. The molecule has 0 fully saturated rings. The van der Waals surface area contributed by atoms with Crippen LogP contribution in [0.5, 0.6) is 0 Å². The van der Waals surface area contributed by atoms with Gasteiger partial charge in [-0.3, -0.25) is 9.59 Å². The number of carbonyl (C=O) groups excluding carboxylic acids is 2. The average Bonchev–Trinajstić information content (AvgIpc) is 2.38. The van der Waals surface area contributed by atoms with Crippen LogP contribution in [0.1, 0.15) is 46.5 Å². The molecule has 0 spiro atoms. The van der Waals surface area contributed by atoms with E-state index >= 15 is 0 Å². The van der Waals surface area contributed by atoms with Crippen molar-refractivity contribution in [3.8, 4) is 6.07 Å². The van der Waals surface area contributed by atoms with Gasteiger partial charge in [0.15, 0.2) is 0 Å². The molecule has 2 amide bonds. The predicted octanol–water partition coefficient (Wildman–Crippen LogP) is 0.800. The van der Waals surface area contributed by atoms with Crippen LogP contribution in [0.4, 0.5) is 0 Å². The molecule has 21 heavy (non-hydrogen) atoms. The van der Waals surface area contributed by atoms with Crippen molar-refractivity contribution < 1.29 is 19.5 Å². The molecule has 0 aliphatic carbocycles. The molecule has 7 nitrogen and oxygen atoms in total. The normalized spacial score (nSPS) is 13.1. The molecule has 0 aromatic rings. The minimum atomic E-state index is -1.12. The largest absolute Gasteiger partial charge is 0.480 e. The van der Waals surface area contributed by atoms with E-state index in [1.165, 1.54) is 6.92 Å². The van der Waals surface area contributed by atoms with E-state index in [-0.39, 0.29) is 18.2 Å². The number of carbonyl (C=O) groups is 3. The Hall–Kier alpha value is -2.10. The first-order valence-corrected chi connectivity index (χ1v) is 6.96. The van der Waals surface area contributed by atoms with Gasteiger partial charge < -0.3 is 15.7 Å². The highest BCUT2D eigenvalue weighted by Crippen LogP contribution is 2.07. The minimum Gasteiger partial charge on any atom is -0.480 e. The lowest BCUT2D eigenvalue weighted by Gasteiger charge is -2.23. The van der Waals surface area contributed by atoms with E-state index < -0.39 is 24.0 Å². The predicted molar refractivity (Wildman–Crippen MR) is 76.1 cm³/mol. The van der Waals surface area contributed by atoms with Crippen molar-refractivity contribution in [1.29, 1.82) is 5.26 Å². The van der Waals surface area contributed by atoms with Crippen molar-refractivity contribution >= 4 is 17.8 Å². The van der Waals surface area contributed by atoms with Gasteiger partial charge in [0.1, 0.15) is 12.1 Å². The van der Waals surface area contributed by atoms with Gasteiger partial charge in [-0.2, -0.15) is 5.26 Å². The molecule has 0 bridgehead atoms. The van der Waals surface area contributed by atoms with Crippen molar-refractivity contribution in [2.24, 2.45) is 5.92 Å². The van der Waals surface area contributed by atoms with Crippen molar-refractivity contribution in [3.63, 3.8) is 0 Å². The van der Waals surface area contributed by atoms with Crippen LogP contribution in [0.2, 0.25) is 0 Å². The standard InChI is InChI=1S/C14H23N3O4/c1-9(2)12(16-10(3)18)13(19)17-11(14(20)21)7-5-4-6-8-15/h9,11-12H,4-7H2,1-3H3,(H,16,18)(H,17,19)(H,20,21)/t11-,12-/m1/s1. The van der Waals surface area contributed by atoms with E-state index in [4.69, 9.17) is 10.4 Å². The molecule has 0 aliphatic heterocycles. The lowest BCUT2D eigenvalue weighted by atomic mass is 10.0. The third kappa shape index (κ3) is 7.92. The second-order valence-corrected chi connectivity index (χ2v) is 5.23. The topological polar surface area (TPSA) is 119 Å². The molecule has 0 aromatic carbocycles. The highest BCUT2D eigenvalue weighted by Gasteiger charge is 2.27. The summed E-state index contributed by atoms with van der Waals surface area (Å²) < 4.78 is 0. The number of nitrogens with one attached hydrogen (secondary N) is 2. The zero-order valence-electron chi connectivity index (χ0n) is 12.7.